The lowest BCUT2D eigenvalue weighted by Crippen LogP contribution is -2.42. The third kappa shape index (κ3) is 3.40. The maximum Gasteiger partial charge on any atom is 0.315 e. The molecule has 26 heavy (non-hydrogen) atoms. The Hall–Kier alpha value is -2.51. The number of aromatic nitrogens is 2. The molecule has 1 aromatic carbocycles. The summed E-state index contributed by atoms with van der Waals surface area (Å²) in [4.78, 5) is 15.9. The fraction of sp³-hybridized carbons (Fsp3) is 0.500. The molecule has 0 bridgehead atoms. The average molecular weight is 362 g/mol. The van der Waals surface area contributed by atoms with Crippen LogP contribution in [0.2, 0.25) is 0 Å². The zero-order valence-electron chi connectivity index (χ0n) is 14.2. The van der Waals surface area contributed by atoms with Crippen LogP contribution in [0.3, 0.4) is 0 Å². The van der Waals surface area contributed by atoms with Crippen LogP contribution in [-0.4, -0.2) is 22.2 Å². The molecule has 138 valence electrons. The molecule has 2 N–H and O–H groups in total. The third-order valence-electron chi connectivity index (χ3n) is 5.10. The summed E-state index contributed by atoms with van der Waals surface area (Å²) in [6.45, 7) is 0. The number of carbonyl (C=O) groups is 1. The van der Waals surface area contributed by atoms with E-state index < -0.39 is 12.3 Å². The summed E-state index contributed by atoms with van der Waals surface area (Å²) >= 11 is 0. The number of urea groups is 1. The molecular weight excluding hydrogens is 342 g/mol. The van der Waals surface area contributed by atoms with E-state index in [1.54, 1.807) is 6.07 Å². The second-order valence-corrected chi connectivity index (χ2v) is 6.86. The topological polar surface area (TPSA) is 80.0 Å². The first-order valence-electron chi connectivity index (χ1n) is 8.92. The van der Waals surface area contributed by atoms with Crippen molar-refractivity contribution >= 4 is 6.03 Å². The number of hydrogen-bond acceptors (Lipinski definition) is 4. The number of carbonyl (C=O) groups excluding carboxylic acids is 1. The van der Waals surface area contributed by atoms with E-state index in [1.807, 2.05) is 12.1 Å². The second kappa shape index (κ2) is 7.01. The zero-order chi connectivity index (χ0) is 18.1. The molecule has 1 atom stereocenters. The van der Waals surface area contributed by atoms with Gasteiger partial charge >= 0.3 is 12.5 Å². The van der Waals surface area contributed by atoms with Crippen LogP contribution in [0.15, 0.2) is 22.7 Å². The molecule has 6 nitrogen and oxygen atoms in total. The standard InChI is InChI=1S/C18H20F2N4O2/c19-15(20)17-23-16(24-26-17)11-5-7-13-10(9-11)6-8-14(13)22-18(25)21-12-3-1-2-4-12/h5,7,9,12,14-15H,1-4,6,8H2,(H2,21,22,25). The van der Waals surface area contributed by atoms with Crippen molar-refractivity contribution in [2.24, 2.45) is 0 Å². The SMILES string of the molecule is O=C(NC1CCCC1)NC1CCc2cc(-c3noc(C(F)F)n3)ccc21. The molecule has 1 aromatic heterocycles. The molecule has 0 saturated heterocycles. The first-order chi connectivity index (χ1) is 12.6. The van der Waals surface area contributed by atoms with E-state index in [1.165, 1.54) is 12.8 Å². The van der Waals surface area contributed by atoms with Crippen molar-refractivity contribution in [1.82, 2.24) is 20.8 Å². The highest BCUT2D eigenvalue weighted by atomic mass is 19.3. The molecule has 1 unspecified atom stereocenters. The normalized spacial score (nSPS) is 19.7. The average Bonchev–Trinajstić information content (AvgIpc) is 3.35. The molecule has 2 aromatic rings. The van der Waals surface area contributed by atoms with E-state index in [9.17, 15) is 13.6 Å². The van der Waals surface area contributed by atoms with E-state index in [0.29, 0.717) is 5.56 Å². The van der Waals surface area contributed by atoms with Gasteiger partial charge in [0.15, 0.2) is 0 Å². The Morgan fingerprint density at radius 2 is 2.00 bits per heavy atom. The highest BCUT2D eigenvalue weighted by Crippen LogP contribution is 2.34. The molecule has 0 spiro atoms. The molecule has 2 amide bonds. The van der Waals surface area contributed by atoms with E-state index in [-0.39, 0.29) is 23.9 Å². The van der Waals surface area contributed by atoms with Gasteiger partial charge in [0, 0.05) is 11.6 Å². The molecule has 1 heterocycles. The quantitative estimate of drug-likeness (QED) is 0.864. The minimum atomic E-state index is -2.78. The Labute approximate surface area is 149 Å². The maximum absolute atomic E-state index is 12.6. The van der Waals surface area contributed by atoms with E-state index in [0.717, 1.165) is 36.8 Å². The van der Waals surface area contributed by atoms with Gasteiger partial charge in [-0.25, -0.2) is 4.79 Å². The van der Waals surface area contributed by atoms with Crippen LogP contribution in [0.1, 0.15) is 61.6 Å². The predicted octanol–water partition coefficient (Wildman–Crippen LogP) is 3.90. The van der Waals surface area contributed by atoms with Gasteiger partial charge in [-0.05, 0) is 42.9 Å². The van der Waals surface area contributed by atoms with Crippen LogP contribution >= 0.6 is 0 Å². The molecule has 2 aliphatic rings. The monoisotopic (exact) mass is 362 g/mol. The van der Waals surface area contributed by atoms with E-state index >= 15 is 0 Å². The van der Waals surface area contributed by atoms with Crippen molar-refractivity contribution < 1.29 is 18.1 Å². The summed E-state index contributed by atoms with van der Waals surface area (Å²) in [6, 6.07) is 5.66. The van der Waals surface area contributed by atoms with Crippen LogP contribution in [0, 0.1) is 0 Å². The van der Waals surface area contributed by atoms with Crippen molar-refractivity contribution in [1.29, 1.82) is 0 Å². The molecule has 0 aliphatic heterocycles. The Bertz CT molecular complexity index is 802. The number of nitrogens with zero attached hydrogens (tertiary/aromatic N) is 2. The van der Waals surface area contributed by atoms with Crippen molar-refractivity contribution in [3.8, 4) is 11.4 Å². The van der Waals surface area contributed by atoms with Crippen LogP contribution in [-0.2, 0) is 6.42 Å². The Kier molecular flexibility index (Phi) is 4.57. The Morgan fingerprint density at radius 1 is 1.19 bits per heavy atom. The van der Waals surface area contributed by atoms with Gasteiger partial charge in [-0.15, -0.1) is 0 Å². The van der Waals surface area contributed by atoms with Crippen LogP contribution < -0.4 is 10.6 Å². The number of amides is 2. The molecule has 8 heteroatoms. The van der Waals surface area contributed by atoms with Gasteiger partial charge in [0.2, 0.25) is 5.82 Å². The van der Waals surface area contributed by atoms with Crippen molar-refractivity contribution in [3.63, 3.8) is 0 Å². The Balaban J connectivity index is 1.44. The zero-order valence-corrected chi connectivity index (χ0v) is 14.2. The van der Waals surface area contributed by atoms with Gasteiger partial charge in [0.05, 0.1) is 6.04 Å². The molecule has 2 aliphatic carbocycles. The number of hydrogen-bond donors (Lipinski definition) is 2. The highest BCUT2D eigenvalue weighted by Gasteiger charge is 2.26. The van der Waals surface area contributed by atoms with Crippen molar-refractivity contribution in [3.05, 3.63) is 35.2 Å². The lowest BCUT2D eigenvalue weighted by atomic mass is 10.0. The first kappa shape index (κ1) is 16.9. The van der Waals surface area contributed by atoms with Gasteiger partial charge in [-0.3, -0.25) is 0 Å². The lowest BCUT2D eigenvalue weighted by molar-refractivity contribution is 0.106. The predicted molar refractivity (Wildman–Crippen MR) is 89.7 cm³/mol. The minimum absolute atomic E-state index is 0.0395. The summed E-state index contributed by atoms with van der Waals surface area (Å²) in [5.41, 5.74) is 2.75. The second-order valence-electron chi connectivity index (χ2n) is 6.86. The van der Waals surface area contributed by atoms with Crippen molar-refractivity contribution in [2.75, 3.05) is 0 Å². The number of rotatable bonds is 4. The Morgan fingerprint density at radius 3 is 2.73 bits per heavy atom. The number of nitrogens with one attached hydrogen (secondary N) is 2. The minimum Gasteiger partial charge on any atom is -0.335 e. The number of halogens is 2. The van der Waals surface area contributed by atoms with Gasteiger partial charge < -0.3 is 15.2 Å². The highest BCUT2D eigenvalue weighted by molar-refractivity contribution is 5.75. The number of fused-ring (bicyclic) bond motifs is 1. The molecule has 4 rings (SSSR count). The molecule has 1 fully saturated rings. The fourth-order valence-corrected chi connectivity index (χ4v) is 3.80. The fourth-order valence-electron chi connectivity index (χ4n) is 3.80. The van der Waals surface area contributed by atoms with Crippen molar-refractivity contribution in [2.45, 2.75) is 57.0 Å². The third-order valence-corrected chi connectivity index (χ3v) is 5.10. The van der Waals surface area contributed by atoms with E-state index in [2.05, 4.69) is 25.3 Å². The number of alkyl halides is 2. The van der Waals surface area contributed by atoms with Crippen LogP contribution in [0.25, 0.3) is 11.4 Å². The summed E-state index contributed by atoms with van der Waals surface area (Å²) < 4.78 is 29.7. The largest absolute Gasteiger partial charge is 0.335 e. The molecule has 1 saturated carbocycles. The van der Waals surface area contributed by atoms with Crippen LogP contribution in [0.5, 0.6) is 0 Å². The summed E-state index contributed by atoms with van der Waals surface area (Å²) in [5, 5.41) is 9.69. The van der Waals surface area contributed by atoms with Gasteiger partial charge in [0.1, 0.15) is 0 Å². The molecule has 0 radical (unpaired) electrons. The summed E-state index contributed by atoms with van der Waals surface area (Å²) in [7, 11) is 0. The summed E-state index contributed by atoms with van der Waals surface area (Å²) in [6.07, 6.45) is 3.26. The summed E-state index contributed by atoms with van der Waals surface area (Å²) in [5.74, 6) is -0.526. The first-order valence-corrected chi connectivity index (χ1v) is 8.92. The van der Waals surface area contributed by atoms with Crippen LogP contribution in [0.4, 0.5) is 13.6 Å². The van der Waals surface area contributed by atoms with Gasteiger partial charge in [-0.2, -0.15) is 13.8 Å². The van der Waals surface area contributed by atoms with Gasteiger partial charge in [0.25, 0.3) is 5.89 Å². The maximum atomic E-state index is 12.6. The van der Waals surface area contributed by atoms with Gasteiger partial charge in [-0.1, -0.05) is 30.1 Å². The molecular formula is C18H20F2N4O2. The number of aryl methyl sites for hydroxylation is 1. The lowest BCUT2D eigenvalue weighted by Gasteiger charge is -2.18. The smallest absolute Gasteiger partial charge is 0.315 e. The van der Waals surface area contributed by atoms with E-state index in [4.69, 9.17) is 0 Å². The number of benzene rings is 1.